The Balaban J connectivity index is 2.02. The molecule has 0 aromatic carbocycles. The van der Waals surface area contributed by atoms with Crippen LogP contribution in [0.15, 0.2) is 12.2 Å². The van der Waals surface area contributed by atoms with Crippen LogP contribution < -0.4 is 5.32 Å². The maximum absolute atomic E-state index is 13.0. The SMILES string of the molecule is CCCCCCCCCCC/C=C/[C@@H](O)[C@H](CO[C@@H]1O[C@H](CO)[C@@H](O)C(O)C1O)NC(=O)CCCCCCCCCCCCCCCCCCCCCCCCCCCCCCCCCCCCCC. The number of allylic oxidation sites excluding steroid dienone is 1. The van der Waals surface area contributed by atoms with Crippen LogP contribution in [0.3, 0.4) is 0 Å². The lowest BCUT2D eigenvalue weighted by Crippen LogP contribution is -2.60. The maximum Gasteiger partial charge on any atom is 0.220 e. The molecule has 0 spiro atoms. The molecule has 0 saturated carbocycles. The minimum Gasteiger partial charge on any atom is -0.394 e. The summed E-state index contributed by atoms with van der Waals surface area (Å²) in [5.41, 5.74) is 0. The molecule has 6 N–H and O–H groups in total. The van der Waals surface area contributed by atoms with Crippen molar-refractivity contribution in [2.45, 2.75) is 358 Å². The number of rotatable bonds is 54. The van der Waals surface area contributed by atoms with E-state index in [4.69, 9.17) is 9.47 Å². The van der Waals surface area contributed by atoms with Crippen LogP contribution in [-0.2, 0) is 14.3 Å². The van der Waals surface area contributed by atoms with E-state index in [1.54, 1.807) is 6.08 Å². The van der Waals surface area contributed by atoms with E-state index in [9.17, 15) is 30.3 Å². The molecule has 0 aromatic heterocycles. The average Bonchev–Trinajstić information content (AvgIpc) is 3.36. The van der Waals surface area contributed by atoms with Gasteiger partial charge in [-0.3, -0.25) is 4.79 Å². The Hall–Kier alpha value is -1.07. The third-order valence-corrected chi connectivity index (χ3v) is 15.1. The highest BCUT2D eigenvalue weighted by Crippen LogP contribution is 2.23. The van der Waals surface area contributed by atoms with Gasteiger partial charge in [-0.1, -0.05) is 302 Å². The van der Waals surface area contributed by atoms with Gasteiger partial charge in [0.15, 0.2) is 6.29 Å². The second kappa shape index (κ2) is 51.4. The molecular weight excluding hydrogens is 875 g/mol. The van der Waals surface area contributed by atoms with E-state index < -0.39 is 49.5 Å². The van der Waals surface area contributed by atoms with Gasteiger partial charge in [0.2, 0.25) is 5.91 Å². The van der Waals surface area contributed by atoms with Crippen LogP contribution in [0.5, 0.6) is 0 Å². The van der Waals surface area contributed by atoms with Crippen LogP contribution in [0.4, 0.5) is 0 Å². The molecule has 0 radical (unpaired) electrons. The van der Waals surface area contributed by atoms with Gasteiger partial charge >= 0.3 is 0 Å². The highest BCUT2D eigenvalue weighted by Gasteiger charge is 2.44. The monoisotopic (exact) mass is 994 g/mol. The molecule has 0 bridgehead atoms. The fourth-order valence-electron chi connectivity index (χ4n) is 10.2. The van der Waals surface area contributed by atoms with Crippen molar-refractivity contribution in [2.75, 3.05) is 13.2 Å². The van der Waals surface area contributed by atoms with Gasteiger partial charge in [0.05, 0.1) is 25.4 Å². The van der Waals surface area contributed by atoms with Crippen LogP contribution >= 0.6 is 0 Å². The Morgan fingerprint density at radius 1 is 0.471 bits per heavy atom. The second-order valence-corrected chi connectivity index (χ2v) is 21.9. The number of amides is 1. The van der Waals surface area contributed by atoms with Crippen molar-refractivity contribution in [3.05, 3.63) is 12.2 Å². The predicted octanol–water partition coefficient (Wildman–Crippen LogP) is 15.6. The van der Waals surface area contributed by atoms with E-state index in [0.717, 1.165) is 38.5 Å². The Labute approximate surface area is 433 Å². The predicted molar refractivity (Wildman–Crippen MR) is 295 cm³/mol. The first kappa shape index (κ1) is 66.9. The van der Waals surface area contributed by atoms with Gasteiger partial charge in [-0.25, -0.2) is 0 Å². The molecule has 9 nitrogen and oxygen atoms in total. The molecule has 7 atom stereocenters. The Bertz CT molecular complexity index is 1110. The van der Waals surface area contributed by atoms with Crippen LogP contribution in [-0.4, -0.2) is 87.5 Å². The van der Waals surface area contributed by atoms with Gasteiger partial charge in [0.25, 0.3) is 0 Å². The van der Waals surface area contributed by atoms with Gasteiger partial charge in [-0.05, 0) is 19.3 Å². The fourth-order valence-corrected chi connectivity index (χ4v) is 10.2. The summed E-state index contributed by atoms with van der Waals surface area (Å²) in [7, 11) is 0. The first-order valence-corrected chi connectivity index (χ1v) is 30.9. The molecule has 0 aliphatic carbocycles. The fraction of sp³-hybridized carbons (Fsp3) is 0.951. The number of carbonyl (C=O) groups is 1. The summed E-state index contributed by atoms with van der Waals surface area (Å²) >= 11 is 0. The Morgan fingerprint density at radius 2 is 0.786 bits per heavy atom. The average molecular weight is 995 g/mol. The van der Waals surface area contributed by atoms with Crippen LogP contribution in [0.25, 0.3) is 0 Å². The quantitative estimate of drug-likeness (QED) is 0.0261. The lowest BCUT2D eigenvalue weighted by atomic mass is 9.99. The highest BCUT2D eigenvalue weighted by atomic mass is 16.7. The lowest BCUT2D eigenvalue weighted by Gasteiger charge is -2.40. The summed E-state index contributed by atoms with van der Waals surface area (Å²) in [4.78, 5) is 13.0. The summed E-state index contributed by atoms with van der Waals surface area (Å²) in [6.45, 7) is 3.79. The molecule has 1 rings (SSSR count). The Kier molecular flexibility index (Phi) is 49.2. The number of hydrogen-bond donors (Lipinski definition) is 6. The Morgan fingerprint density at radius 3 is 1.11 bits per heavy atom. The third-order valence-electron chi connectivity index (χ3n) is 15.1. The summed E-state index contributed by atoms with van der Waals surface area (Å²) in [5.74, 6) is -0.171. The summed E-state index contributed by atoms with van der Waals surface area (Å²) in [5, 5.41) is 54.3. The molecule has 70 heavy (non-hydrogen) atoms. The summed E-state index contributed by atoms with van der Waals surface area (Å²) in [6.07, 6.45) is 57.6. The number of carbonyl (C=O) groups excluding carboxylic acids is 1. The zero-order valence-electron chi connectivity index (χ0n) is 46.3. The zero-order valence-corrected chi connectivity index (χ0v) is 46.3. The van der Waals surface area contributed by atoms with Gasteiger partial charge in [0.1, 0.15) is 24.4 Å². The number of ether oxygens (including phenoxy) is 2. The molecule has 9 heteroatoms. The number of unbranched alkanes of at least 4 members (excludes halogenated alkanes) is 44. The lowest BCUT2D eigenvalue weighted by molar-refractivity contribution is -0.302. The molecule has 2 unspecified atom stereocenters. The van der Waals surface area contributed by atoms with E-state index in [-0.39, 0.29) is 12.5 Å². The van der Waals surface area contributed by atoms with Crippen molar-refractivity contribution in [1.82, 2.24) is 5.32 Å². The highest BCUT2D eigenvalue weighted by molar-refractivity contribution is 5.76. The molecule has 1 aliphatic rings. The topological polar surface area (TPSA) is 149 Å². The molecular formula is C61H119NO8. The number of nitrogens with one attached hydrogen (secondary N) is 1. The molecule has 1 aliphatic heterocycles. The number of hydrogen-bond acceptors (Lipinski definition) is 8. The zero-order chi connectivity index (χ0) is 50.8. The summed E-state index contributed by atoms with van der Waals surface area (Å²) in [6, 6.07) is -0.799. The number of aliphatic hydroxyl groups is 5. The van der Waals surface area contributed by atoms with Crippen molar-refractivity contribution >= 4 is 5.91 Å². The van der Waals surface area contributed by atoms with Crippen molar-refractivity contribution in [1.29, 1.82) is 0 Å². The van der Waals surface area contributed by atoms with E-state index >= 15 is 0 Å². The smallest absolute Gasteiger partial charge is 0.220 e. The van der Waals surface area contributed by atoms with Gasteiger partial charge < -0.3 is 40.3 Å². The van der Waals surface area contributed by atoms with Crippen LogP contribution in [0, 0.1) is 0 Å². The molecule has 0 aromatic rings. The van der Waals surface area contributed by atoms with Crippen LogP contribution in [0.2, 0.25) is 0 Å². The number of aliphatic hydroxyl groups excluding tert-OH is 5. The molecule has 1 heterocycles. The van der Waals surface area contributed by atoms with Crippen LogP contribution in [0.1, 0.15) is 316 Å². The molecule has 1 amide bonds. The second-order valence-electron chi connectivity index (χ2n) is 21.9. The van der Waals surface area contributed by atoms with Gasteiger partial charge in [0, 0.05) is 6.42 Å². The van der Waals surface area contributed by atoms with E-state index in [1.807, 2.05) is 6.08 Å². The standard InChI is InChI=1S/C61H119NO8/c1-3-5-7-9-11-13-15-16-17-18-19-20-21-22-23-24-25-26-27-28-29-30-31-32-33-34-35-36-37-38-39-41-43-45-47-49-51-57(65)62-54(53-69-61-60(68)59(67)58(66)56(52-63)70-61)55(64)50-48-46-44-42-40-14-12-10-8-6-4-2/h48,50,54-56,58-61,63-64,66-68H,3-47,49,51-53H2,1-2H3,(H,62,65)/b50-48+/t54-,55+,56+,58+,59?,60?,61+/m0/s1. The maximum atomic E-state index is 13.0. The summed E-state index contributed by atoms with van der Waals surface area (Å²) < 4.78 is 11.2. The van der Waals surface area contributed by atoms with E-state index in [0.29, 0.717) is 6.42 Å². The van der Waals surface area contributed by atoms with Crippen molar-refractivity contribution in [2.24, 2.45) is 0 Å². The molecule has 1 fully saturated rings. The first-order valence-electron chi connectivity index (χ1n) is 30.9. The van der Waals surface area contributed by atoms with Crippen molar-refractivity contribution in [3.63, 3.8) is 0 Å². The normalized spacial score (nSPS) is 19.3. The van der Waals surface area contributed by atoms with Gasteiger partial charge in [-0.15, -0.1) is 0 Å². The third kappa shape index (κ3) is 40.3. The van der Waals surface area contributed by atoms with Crippen molar-refractivity contribution < 1.29 is 39.8 Å². The van der Waals surface area contributed by atoms with Gasteiger partial charge in [-0.2, -0.15) is 0 Å². The van der Waals surface area contributed by atoms with Crippen molar-refractivity contribution in [3.8, 4) is 0 Å². The van der Waals surface area contributed by atoms with E-state index in [1.165, 1.54) is 257 Å². The minimum atomic E-state index is -1.56. The molecule has 1 saturated heterocycles. The first-order chi connectivity index (χ1) is 34.3. The molecule has 416 valence electrons. The largest absolute Gasteiger partial charge is 0.394 e. The minimum absolute atomic E-state index is 0.171. The van der Waals surface area contributed by atoms with E-state index in [2.05, 4.69) is 19.2 Å².